The maximum Gasteiger partial charge on any atom is 0.216 e. The number of nitrogens with one attached hydrogen (secondary N) is 1. The molecular formula is C17H16ClN5OS2. The van der Waals surface area contributed by atoms with Crippen LogP contribution in [0.15, 0.2) is 41.5 Å². The lowest BCUT2D eigenvalue weighted by Crippen LogP contribution is -2.35. The van der Waals surface area contributed by atoms with Crippen LogP contribution in [0.25, 0.3) is 11.4 Å². The first-order chi connectivity index (χ1) is 12.7. The molecule has 3 heterocycles. The highest BCUT2D eigenvalue weighted by Crippen LogP contribution is 2.27. The standard InChI is InChI=1S/C17H16ClN5OS2/c18-14-4-2-1-3-13(14)16-20-21-17(25)23(16)19-11-12-5-6-15(26-12)22-7-9-24-10-8-22/h1-6,11H,7-10H2,(H,21,25)/b19-11-. The lowest BCUT2D eigenvalue weighted by Gasteiger charge is -2.27. The molecule has 1 N–H and O–H groups in total. The first-order valence-corrected chi connectivity index (χ1v) is 9.72. The van der Waals surface area contributed by atoms with Crippen molar-refractivity contribution in [1.29, 1.82) is 0 Å². The van der Waals surface area contributed by atoms with Gasteiger partial charge in [0.15, 0.2) is 5.82 Å². The monoisotopic (exact) mass is 405 g/mol. The van der Waals surface area contributed by atoms with E-state index >= 15 is 0 Å². The molecule has 1 fully saturated rings. The van der Waals surface area contributed by atoms with E-state index in [2.05, 4.69) is 32.3 Å². The Morgan fingerprint density at radius 2 is 2.04 bits per heavy atom. The van der Waals surface area contributed by atoms with Gasteiger partial charge in [0.2, 0.25) is 4.77 Å². The predicted octanol–water partition coefficient (Wildman–Crippen LogP) is 4.04. The Labute approximate surface area is 164 Å². The molecule has 1 aliphatic rings. The second kappa shape index (κ2) is 7.71. The quantitative estimate of drug-likeness (QED) is 0.525. The van der Waals surface area contributed by atoms with Crippen LogP contribution in [0.1, 0.15) is 4.88 Å². The summed E-state index contributed by atoms with van der Waals surface area (Å²) in [5.41, 5.74) is 0.777. The molecule has 1 saturated heterocycles. The Bertz CT molecular complexity index is 987. The molecule has 6 nitrogen and oxygen atoms in total. The van der Waals surface area contributed by atoms with Crippen molar-refractivity contribution < 1.29 is 4.74 Å². The molecule has 1 aromatic carbocycles. The number of thiophene rings is 1. The fourth-order valence-electron chi connectivity index (χ4n) is 2.70. The summed E-state index contributed by atoms with van der Waals surface area (Å²) in [6, 6.07) is 11.6. The maximum absolute atomic E-state index is 6.28. The lowest BCUT2D eigenvalue weighted by molar-refractivity contribution is 0.123. The zero-order valence-corrected chi connectivity index (χ0v) is 16.2. The zero-order valence-electron chi connectivity index (χ0n) is 13.8. The summed E-state index contributed by atoms with van der Waals surface area (Å²) >= 11 is 13.3. The molecule has 0 unspecified atom stereocenters. The number of aromatic nitrogens is 3. The van der Waals surface area contributed by atoms with Crippen LogP contribution in [0, 0.1) is 4.77 Å². The highest BCUT2D eigenvalue weighted by molar-refractivity contribution is 7.71. The molecule has 134 valence electrons. The number of benzene rings is 1. The van der Waals surface area contributed by atoms with E-state index in [0.717, 1.165) is 36.7 Å². The molecule has 0 spiro atoms. The molecule has 4 rings (SSSR count). The van der Waals surface area contributed by atoms with Crippen LogP contribution in [-0.4, -0.2) is 47.4 Å². The average molecular weight is 406 g/mol. The van der Waals surface area contributed by atoms with Gasteiger partial charge in [-0.2, -0.15) is 14.9 Å². The normalized spacial score (nSPS) is 15.0. The van der Waals surface area contributed by atoms with Crippen LogP contribution in [-0.2, 0) is 4.74 Å². The van der Waals surface area contributed by atoms with Gasteiger partial charge in [-0.15, -0.1) is 11.3 Å². The van der Waals surface area contributed by atoms with Crippen LogP contribution in [0.5, 0.6) is 0 Å². The number of hydrogen-bond acceptors (Lipinski definition) is 6. The number of anilines is 1. The van der Waals surface area contributed by atoms with Crippen LogP contribution < -0.4 is 4.90 Å². The fraction of sp³-hybridized carbons (Fsp3) is 0.235. The molecule has 2 aromatic heterocycles. The summed E-state index contributed by atoms with van der Waals surface area (Å²) in [5.74, 6) is 0.585. The number of halogens is 1. The largest absolute Gasteiger partial charge is 0.378 e. The molecule has 0 amide bonds. The summed E-state index contributed by atoms with van der Waals surface area (Å²) in [6.45, 7) is 3.38. The Kier molecular flexibility index (Phi) is 5.16. The second-order valence-electron chi connectivity index (χ2n) is 5.66. The highest BCUT2D eigenvalue weighted by atomic mass is 35.5. The summed E-state index contributed by atoms with van der Waals surface area (Å²) in [5, 5.41) is 13.4. The van der Waals surface area contributed by atoms with Gasteiger partial charge in [-0.25, -0.2) is 5.10 Å². The summed E-state index contributed by atoms with van der Waals surface area (Å²) in [6.07, 6.45) is 1.79. The van der Waals surface area contributed by atoms with Gasteiger partial charge in [0.25, 0.3) is 0 Å². The lowest BCUT2D eigenvalue weighted by atomic mass is 10.2. The number of rotatable bonds is 4. The molecule has 0 atom stereocenters. The van der Waals surface area contributed by atoms with Crippen LogP contribution in [0.3, 0.4) is 0 Å². The Balaban J connectivity index is 1.60. The third-order valence-corrected chi connectivity index (χ3v) is 5.68. The number of aromatic amines is 1. The number of H-pyrrole nitrogens is 1. The van der Waals surface area contributed by atoms with Crippen molar-refractivity contribution in [2.45, 2.75) is 0 Å². The van der Waals surface area contributed by atoms with E-state index in [4.69, 9.17) is 28.6 Å². The topological polar surface area (TPSA) is 58.4 Å². The highest BCUT2D eigenvalue weighted by Gasteiger charge is 2.13. The van der Waals surface area contributed by atoms with Crippen molar-refractivity contribution in [3.05, 3.63) is 51.1 Å². The van der Waals surface area contributed by atoms with E-state index in [1.165, 1.54) is 5.00 Å². The van der Waals surface area contributed by atoms with Crippen molar-refractivity contribution in [3.8, 4) is 11.4 Å². The van der Waals surface area contributed by atoms with Crippen molar-refractivity contribution in [3.63, 3.8) is 0 Å². The smallest absolute Gasteiger partial charge is 0.216 e. The van der Waals surface area contributed by atoms with E-state index in [0.29, 0.717) is 15.6 Å². The predicted molar refractivity (Wildman–Crippen MR) is 108 cm³/mol. The Hall–Kier alpha value is -2.00. The maximum atomic E-state index is 6.28. The van der Waals surface area contributed by atoms with E-state index in [1.54, 1.807) is 22.2 Å². The third-order valence-electron chi connectivity index (χ3n) is 4.00. The van der Waals surface area contributed by atoms with Crippen molar-refractivity contribution in [1.82, 2.24) is 14.9 Å². The first-order valence-electron chi connectivity index (χ1n) is 8.11. The minimum atomic E-state index is 0.418. The molecule has 0 aliphatic carbocycles. The van der Waals surface area contributed by atoms with Gasteiger partial charge < -0.3 is 9.64 Å². The Morgan fingerprint density at radius 3 is 2.85 bits per heavy atom. The van der Waals surface area contributed by atoms with Gasteiger partial charge in [-0.05, 0) is 36.5 Å². The van der Waals surface area contributed by atoms with Gasteiger partial charge in [-0.1, -0.05) is 23.7 Å². The minimum absolute atomic E-state index is 0.418. The van der Waals surface area contributed by atoms with E-state index in [1.807, 2.05) is 24.3 Å². The van der Waals surface area contributed by atoms with Gasteiger partial charge in [0.1, 0.15) is 0 Å². The minimum Gasteiger partial charge on any atom is -0.378 e. The number of hydrogen-bond donors (Lipinski definition) is 1. The number of morpholine rings is 1. The van der Waals surface area contributed by atoms with Crippen LogP contribution >= 0.6 is 35.2 Å². The van der Waals surface area contributed by atoms with E-state index < -0.39 is 0 Å². The van der Waals surface area contributed by atoms with Gasteiger partial charge in [0.05, 0.1) is 29.5 Å². The third kappa shape index (κ3) is 3.59. The van der Waals surface area contributed by atoms with E-state index in [-0.39, 0.29) is 0 Å². The number of nitrogens with zero attached hydrogens (tertiary/aromatic N) is 4. The molecule has 0 saturated carbocycles. The molecule has 0 radical (unpaired) electrons. The van der Waals surface area contributed by atoms with Gasteiger partial charge in [-0.3, -0.25) is 0 Å². The van der Waals surface area contributed by atoms with Crippen molar-refractivity contribution in [2.75, 3.05) is 31.2 Å². The van der Waals surface area contributed by atoms with E-state index in [9.17, 15) is 0 Å². The molecule has 9 heteroatoms. The molecule has 3 aromatic rings. The fourth-order valence-corrected chi connectivity index (χ4v) is 4.02. The molecule has 1 aliphatic heterocycles. The first kappa shape index (κ1) is 17.4. The summed E-state index contributed by atoms with van der Waals surface area (Å²) < 4.78 is 7.41. The number of ether oxygens (including phenoxy) is 1. The van der Waals surface area contributed by atoms with Gasteiger partial charge >= 0.3 is 0 Å². The van der Waals surface area contributed by atoms with Gasteiger partial charge in [0, 0.05) is 23.5 Å². The summed E-state index contributed by atoms with van der Waals surface area (Å²) in [7, 11) is 0. The molecular weight excluding hydrogens is 390 g/mol. The van der Waals surface area contributed by atoms with Crippen LogP contribution in [0.2, 0.25) is 5.02 Å². The van der Waals surface area contributed by atoms with Crippen molar-refractivity contribution >= 4 is 46.4 Å². The second-order valence-corrected chi connectivity index (χ2v) is 7.55. The average Bonchev–Trinajstić information content (AvgIpc) is 3.28. The SMILES string of the molecule is S=c1[nH]nc(-c2ccccc2Cl)n1/N=C\c1ccc(N2CCOCC2)s1. The summed E-state index contributed by atoms with van der Waals surface area (Å²) in [4.78, 5) is 3.36. The Morgan fingerprint density at radius 1 is 1.23 bits per heavy atom. The molecule has 26 heavy (non-hydrogen) atoms. The zero-order chi connectivity index (χ0) is 17.9. The van der Waals surface area contributed by atoms with Crippen LogP contribution in [0.4, 0.5) is 5.00 Å². The molecule has 0 bridgehead atoms. The van der Waals surface area contributed by atoms with Crippen molar-refractivity contribution in [2.24, 2.45) is 5.10 Å².